The topological polar surface area (TPSA) is 89.9 Å². The summed E-state index contributed by atoms with van der Waals surface area (Å²) in [7, 11) is 1.45. The number of unbranched alkanes of at least 4 members (excludes halogenated alkanes) is 7. The molecule has 1 aliphatic carbocycles. The highest BCUT2D eigenvalue weighted by Gasteiger charge is 2.31. The van der Waals surface area contributed by atoms with Crippen molar-refractivity contribution in [3.8, 4) is 5.75 Å². The lowest BCUT2D eigenvalue weighted by molar-refractivity contribution is -0.119. The summed E-state index contributed by atoms with van der Waals surface area (Å²) in [6, 6.07) is 6.37. The van der Waals surface area contributed by atoms with Crippen LogP contribution in [-0.4, -0.2) is 36.4 Å². The molecule has 0 amide bonds. The van der Waals surface area contributed by atoms with E-state index in [1.807, 2.05) is 6.92 Å². The number of hydrogen-bond donors (Lipinski definition) is 1. The number of methoxy groups -OCH3 is 1. The Hall–Kier alpha value is -2.89. The Labute approximate surface area is 196 Å². The van der Waals surface area contributed by atoms with Crippen LogP contribution >= 0.6 is 0 Å². The summed E-state index contributed by atoms with van der Waals surface area (Å²) >= 11 is 0. The molecular weight excluding hydrogens is 420 g/mol. The molecule has 0 radical (unpaired) electrons. The highest BCUT2D eigenvalue weighted by molar-refractivity contribution is 6.24. The van der Waals surface area contributed by atoms with Crippen molar-refractivity contribution in [3.63, 3.8) is 0 Å². The summed E-state index contributed by atoms with van der Waals surface area (Å²) in [6.07, 6.45) is 9.20. The Morgan fingerprint density at radius 2 is 1.48 bits per heavy atom. The Bertz CT molecular complexity index is 909. The van der Waals surface area contributed by atoms with Gasteiger partial charge >= 0.3 is 5.97 Å². The van der Waals surface area contributed by atoms with Gasteiger partial charge in [0, 0.05) is 16.7 Å². The Morgan fingerprint density at radius 3 is 2.09 bits per heavy atom. The first kappa shape index (κ1) is 26.4. The molecule has 0 saturated heterocycles. The van der Waals surface area contributed by atoms with Gasteiger partial charge in [-0.1, -0.05) is 57.6 Å². The predicted octanol–water partition coefficient (Wildman–Crippen LogP) is 5.84. The lowest BCUT2D eigenvalue weighted by Crippen LogP contribution is -2.24. The van der Waals surface area contributed by atoms with E-state index in [0.717, 1.165) is 51.4 Å². The van der Waals surface area contributed by atoms with E-state index < -0.39 is 5.97 Å². The molecule has 0 aromatic heterocycles. The maximum absolute atomic E-state index is 12.7. The molecule has 1 aromatic carbocycles. The molecule has 1 N–H and O–H groups in total. The Morgan fingerprint density at radius 1 is 0.879 bits per heavy atom. The monoisotopic (exact) mass is 456 g/mol. The number of hydrogen-bond acceptors (Lipinski definition) is 6. The number of Topliss-reactive ketones (excluding diaryl/α,β-unsaturated/α-hetero) is 2. The molecule has 0 bridgehead atoms. The first-order valence-corrected chi connectivity index (χ1v) is 11.9. The van der Waals surface area contributed by atoms with E-state index in [2.05, 4.69) is 0 Å². The smallest absolute Gasteiger partial charge is 0.341 e. The summed E-state index contributed by atoms with van der Waals surface area (Å²) in [6.45, 7) is 3.96. The molecule has 0 aliphatic heterocycles. The summed E-state index contributed by atoms with van der Waals surface area (Å²) < 4.78 is 10.4. The van der Waals surface area contributed by atoms with Gasteiger partial charge in [-0.3, -0.25) is 9.59 Å². The third kappa shape index (κ3) is 7.31. The number of esters is 1. The van der Waals surface area contributed by atoms with E-state index in [0.29, 0.717) is 36.2 Å². The quantitative estimate of drug-likeness (QED) is 0.215. The third-order valence-electron chi connectivity index (χ3n) is 6.06. The van der Waals surface area contributed by atoms with E-state index in [1.54, 1.807) is 25.1 Å². The summed E-state index contributed by atoms with van der Waals surface area (Å²) in [5.74, 6) is -0.524. The zero-order valence-corrected chi connectivity index (χ0v) is 20.1. The minimum absolute atomic E-state index is 0.0600. The van der Waals surface area contributed by atoms with Crippen LogP contribution in [0.25, 0.3) is 0 Å². The highest BCUT2D eigenvalue weighted by Crippen LogP contribution is 2.30. The van der Waals surface area contributed by atoms with Crippen molar-refractivity contribution < 1.29 is 29.0 Å². The number of para-hydroxylation sites is 1. The number of allylic oxidation sites excluding steroid dienone is 3. The molecule has 0 fully saturated rings. The molecule has 1 aromatic rings. The molecule has 2 rings (SSSR count). The highest BCUT2D eigenvalue weighted by atomic mass is 16.5. The second-order valence-corrected chi connectivity index (χ2v) is 8.36. The van der Waals surface area contributed by atoms with Gasteiger partial charge in [-0.15, -0.1) is 0 Å². The number of phenols is 1. The fourth-order valence-electron chi connectivity index (χ4n) is 4.10. The maximum Gasteiger partial charge on any atom is 0.341 e. The zero-order valence-electron chi connectivity index (χ0n) is 20.1. The lowest BCUT2D eigenvalue weighted by atomic mass is 9.85. The van der Waals surface area contributed by atoms with Gasteiger partial charge in [-0.25, -0.2) is 4.79 Å². The lowest BCUT2D eigenvalue weighted by Gasteiger charge is -2.20. The van der Waals surface area contributed by atoms with Crippen molar-refractivity contribution in [1.29, 1.82) is 0 Å². The number of benzene rings is 1. The second kappa shape index (κ2) is 13.6. The van der Waals surface area contributed by atoms with E-state index in [4.69, 9.17) is 9.47 Å². The van der Waals surface area contributed by atoms with Gasteiger partial charge in [0.25, 0.3) is 0 Å². The molecule has 0 heterocycles. The molecule has 0 saturated carbocycles. The zero-order chi connectivity index (χ0) is 24.2. The SMILES string of the molecule is CCC1=C(OC)C(=O)C(CCCCCCCCCCOC(=O)c2ccccc2O)=C(C)C1=O. The van der Waals surface area contributed by atoms with Crippen LogP contribution < -0.4 is 0 Å². The van der Waals surface area contributed by atoms with Crippen LogP contribution in [0.1, 0.15) is 88.4 Å². The molecule has 6 heteroatoms. The van der Waals surface area contributed by atoms with Crippen LogP contribution in [0, 0.1) is 0 Å². The number of carbonyl (C=O) groups is 3. The van der Waals surface area contributed by atoms with Crippen molar-refractivity contribution in [2.45, 2.75) is 78.1 Å². The van der Waals surface area contributed by atoms with Gasteiger partial charge in [0.2, 0.25) is 5.78 Å². The largest absolute Gasteiger partial charge is 0.507 e. The van der Waals surface area contributed by atoms with E-state index >= 15 is 0 Å². The summed E-state index contributed by atoms with van der Waals surface area (Å²) in [4.78, 5) is 37.1. The molecule has 0 spiro atoms. The minimum atomic E-state index is -0.490. The molecule has 180 valence electrons. The number of carbonyl (C=O) groups excluding carboxylic acids is 3. The second-order valence-electron chi connectivity index (χ2n) is 8.36. The van der Waals surface area contributed by atoms with Crippen LogP contribution in [0.5, 0.6) is 5.75 Å². The number of ketones is 2. The van der Waals surface area contributed by atoms with Crippen LogP contribution in [0.15, 0.2) is 46.7 Å². The molecule has 0 unspecified atom stereocenters. The van der Waals surface area contributed by atoms with Crippen molar-refractivity contribution in [3.05, 3.63) is 52.3 Å². The summed E-state index contributed by atoms with van der Waals surface area (Å²) in [5, 5.41) is 9.66. The van der Waals surface area contributed by atoms with E-state index in [9.17, 15) is 19.5 Å². The molecule has 1 aliphatic rings. The fraction of sp³-hybridized carbons (Fsp3) is 0.519. The molecular formula is C27H36O6. The van der Waals surface area contributed by atoms with Crippen LogP contribution in [0.4, 0.5) is 0 Å². The Balaban J connectivity index is 1.55. The third-order valence-corrected chi connectivity index (χ3v) is 6.06. The standard InChI is InChI=1S/C27H36O6/c1-4-20-24(29)19(2)21(25(30)26(20)32-3)15-11-9-7-5-6-8-10-14-18-33-27(31)22-16-12-13-17-23(22)28/h12-13,16-17,28H,4-11,14-15,18H2,1-3H3. The van der Waals surface area contributed by atoms with Crippen LogP contribution in [0.2, 0.25) is 0 Å². The van der Waals surface area contributed by atoms with Gasteiger partial charge in [0.15, 0.2) is 11.5 Å². The van der Waals surface area contributed by atoms with E-state index in [-0.39, 0.29) is 28.6 Å². The van der Waals surface area contributed by atoms with Gasteiger partial charge in [-0.2, -0.15) is 0 Å². The van der Waals surface area contributed by atoms with Gasteiger partial charge in [-0.05, 0) is 44.7 Å². The number of aromatic hydroxyl groups is 1. The van der Waals surface area contributed by atoms with E-state index in [1.165, 1.54) is 13.2 Å². The normalized spacial score (nSPS) is 14.2. The van der Waals surface area contributed by atoms with Gasteiger partial charge in [0.05, 0.1) is 13.7 Å². The molecule has 6 nitrogen and oxygen atoms in total. The van der Waals surface area contributed by atoms with Crippen molar-refractivity contribution >= 4 is 17.5 Å². The average Bonchev–Trinajstić information content (AvgIpc) is 2.81. The number of rotatable bonds is 14. The molecule has 0 atom stereocenters. The van der Waals surface area contributed by atoms with Crippen molar-refractivity contribution in [2.75, 3.05) is 13.7 Å². The van der Waals surface area contributed by atoms with Crippen molar-refractivity contribution in [2.24, 2.45) is 0 Å². The average molecular weight is 457 g/mol. The van der Waals surface area contributed by atoms with Crippen molar-refractivity contribution in [1.82, 2.24) is 0 Å². The number of phenolic OH excluding ortho intramolecular Hbond substituents is 1. The molecule has 33 heavy (non-hydrogen) atoms. The minimum Gasteiger partial charge on any atom is -0.507 e. The number of ether oxygens (including phenoxy) is 2. The van der Waals surface area contributed by atoms with Gasteiger partial charge < -0.3 is 14.6 Å². The first-order chi connectivity index (χ1) is 15.9. The van der Waals surface area contributed by atoms with Gasteiger partial charge in [0.1, 0.15) is 11.3 Å². The predicted molar refractivity (Wildman–Crippen MR) is 127 cm³/mol. The van der Waals surface area contributed by atoms with Crippen LogP contribution in [0.3, 0.4) is 0 Å². The fourth-order valence-corrected chi connectivity index (χ4v) is 4.10. The van der Waals surface area contributed by atoms with Crippen LogP contribution in [-0.2, 0) is 19.1 Å². The first-order valence-electron chi connectivity index (χ1n) is 11.9. The Kier molecular flexibility index (Phi) is 10.9. The summed E-state index contributed by atoms with van der Waals surface area (Å²) in [5.41, 5.74) is 1.85. The maximum atomic E-state index is 12.7.